The zero-order valence-corrected chi connectivity index (χ0v) is 12.4. The summed E-state index contributed by atoms with van der Waals surface area (Å²) in [6.07, 6.45) is 1.54. The van der Waals surface area contributed by atoms with Crippen molar-refractivity contribution in [1.82, 2.24) is 19.7 Å². The zero-order valence-electron chi connectivity index (χ0n) is 10.8. The molecule has 0 spiro atoms. The van der Waals surface area contributed by atoms with Crippen molar-refractivity contribution >= 4 is 21.7 Å². The van der Waals surface area contributed by atoms with Crippen molar-refractivity contribution in [2.75, 3.05) is 7.11 Å². The lowest BCUT2D eigenvalue weighted by atomic mass is 10.1. The molecule has 0 amide bonds. The number of ketones is 1. The van der Waals surface area contributed by atoms with E-state index in [0.717, 1.165) is 15.9 Å². The summed E-state index contributed by atoms with van der Waals surface area (Å²) in [6, 6.07) is 1.53. The standard InChI is InChI=1S/C12H13BrN4O2/c1-7-12(13)9(17(2)16-7)5-10(18)8-4-11(19-3)15-6-14-8/h4,6H,5H2,1-3H3. The van der Waals surface area contributed by atoms with E-state index in [1.165, 1.54) is 19.5 Å². The SMILES string of the molecule is COc1cc(C(=O)Cc2c(Br)c(C)nn2C)ncn1. The lowest BCUT2D eigenvalue weighted by molar-refractivity contribution is 0.0985. The molecule has 0 atom stereocenters. The van der Waals surface area contributed by atoms with Crippen LogP contribution >= 0.6 is 15.9 Å². The maximum Gasteiger partial charge on any atom is 0.216 e. The van der Waals surface area contributed by atoms with Crippen molar-refractivity contribution in [1.29, 1.82) is 0 Å². The van der Waals surface area contributed by atoms with Gasteiger partial charge < -0.3 is 4.74 Å². The van der Waals surface area contributed by atoms with Crippen LogP contribution in [0.4, 0.5) is 0 Å². The van der Waals surface area contributed by atoms with Crippen molar-refractivity contribution in [3.8, 4) is 5.88 Å². The monoisotopic (exact) mass is 324 g/mol. The maximum atomic E-state index is 12.2. The third kappa shape index (κ3) is 2.81. The smallest absolute Gasteiger partial charge is 0.216 e. The number of aryl methyl sites for hydroxylation is 2. The molecular formula is C12H13BrN4O2. The van der Waals surface area contributed by atoms with Crippen molar-refractivity contribution < 1.29 is 9.53 Å². The molecule has 0 saturated carbocycles. The van der Waals surface area contributed by atoms with Crippen molar-refractivity contribution in [3.05, 3.63) is 33.9 Å². The van der Waals surface area contributed by atoms with Gasteiger partial charge in [0.1, 0.15) is 12.0 Å². The minimum absolute atomic E-state index is 0.107. The van der Waals surface area contributed by atoms with Gasteiger partial charge >= 0.3 is 0 Å². The number of aromatic nitrogens is 4. The van der Waals surface area contributed by atoms with Gasteiger partial charge in [-0.2, -0.15) is 5.10 Å². The highest BCUT2D eigenvalue weighted by Crippen LogP contribution is 2.21. The Hall–Kier alpha value is -1.76. The van der Waals surface area contributed by atoms with Crippen LogP contribution in [-0.4, -0.2) is 32.6 Å². The summed E-state index contributed by atoms with van der Waals surface area (Å²) in [6.45, 7) is 1.88. The lowest BCUT2D eigenvalue weighted by Crippen LogP contribution is -2.10. The summed E-state index contributed by atoms with van der Waals surface area (Å²) in [7, 11) is 3.30. The normalized spacial score (nSPS) is 10.5. The number of Topliss-reactive ketones (excluding diaryl/α,β-unsaturated/α-hetero) is 1. The first kappa shape index (κ1) is 13.7. The van der Waals surface area contributed by atoms with Crippen LogP contribution < -0.4 is 4.74 Å². The van der Waals surface area contributed by atoms with E-state index in [-0.39, 0.29) is 12.2 Å². The summed E-state index contributed by atoms with van der Waals surface area (Å²) in [5.41, 5.74) is 2.00. The minimum atomic E-state index is -0.107. The highest BCUT2D eigenvalue weighted by molar-refractivity contribution is 9.10. The third-order valence-electron chi connectivity index (χ3n) is 2.73. The molecule has 0 radical (unpaired) electrons. The molecule has 0 bridgehead atoms. The van der Waals surface area contributed by atoms with Crippen molar-refractivity contribution in [2.45, 2.75) is 13.3 Å². The van der Waals surface area contributed by atoms with E-state index in [9.17, 15) is 4.79 Å². The fraction of sp³-hybridized carbons (Fsp3) is 0.333. The Kier molecular flexibility index (Phi) is 3.94. The molecule has 0 fully saturated rings. The van der Waals surface area contributed by atoms with Gasteiger partial charge in [0, 0.05) is 13.1 Å². The Morgan fingerprint density at radius 3 is 2.79 bits per heavy atom. The first-order valence-electron chi connectivity index (χ1n) is 5.60. The van der Waals surface area contributed by atoms with Crippen LogP contribution in [0.5, 0.6) is 5.88 Å². The first-order chi connectivity index (χ1) is 9.02. The molecule has 0 unspecified atom stereocenters. The molecule has 0 aliphatic heterocycles. The molecule has 100 valence electrons. The van der Waals surface area contributed by atoms with Gasteiger partial charge in [-0.25, -0.2) is 9.97 Å². The highest BCUT2D eigenvalue weighted by atomic mass is 79.9. The number of halogens is 1. The van der Waals surface area contributed by atoms with E-state index in [1.54, 1.807) is 11.7 Å². The van der Waals surface area contributed by atoms with Gasteiger partial charge in [0.15, 0.2) is 5.78 Å². The maximum absolute atomic E-state index is 12.2. The first-order valence-corrected chi connectivity index (χ1v) is 6.39. The molecule has 2 aromatic heterocycles. The predicted octanol–water partition coefficient (Wildman–Crippen LogP) is 1.72. The molecule has 6 nitrogen and oxygen atoms in total. The molecule has 0 aliphatic rings. The van der Waals surface area contributed by atoms with Gasteiger partial charge in [-0.15, -0.1) is 0 Å². The van der Waals surface area contributed by atoms with E-state index in [1.807, 2.05) is 6.92 Å². The number of methoxy groups -OCH3 is 1. The van der Waals surface area contributed by atoms with Gasteiger partial charge in [0.2, 0.25) is 5.88 Å². The van der Waals surface area contributed by atoms with Crippen LogP contribution in [0, 0.1) is 6.92 Å². The van der Waals surface area contributed by atoms with Crippen molar-refractivity contribution in [3.63, 3.8) is 0 Å². The third-order valence-corrected chi connectivity index (χ3v) is 3.76. The Morgan fingerprint density at radius 1 is 1.47 bits per heavy atom. The zero-order chi connectivity index (χ0) is 14.0. The van der Waals surface area contributed by atoms with Gasteiger partial charge in [-0.3, -0.25) is 9.48 Å². The van der Waals surface area contributed by atoms with E-state index >= 15 is 0 Å². The molecule has 2 heterocycles. The number of ether oxygens (including phenoxy) is 1. The molecular weight excluding hydrogens is 312 g/mol. The summed E-state index contributed by atoms with van der Waals surface area (Å²) in [4.78, 5) is 20.0. The summed E-state index contributed by atoms with van der Waals surface area (Å²) in [5, 5.41) is 4.25. The number of hydrogen-bond donors (Lipinski definition) is 0. The Labute approximate surface area is 119 Å². The number of rotatable bonds is 4. The topological polar surface area (TPSA) is 69.9 Å². The van der Waals surface area contributed by atoms with Crippen LogP contribution in [-0.2, 0) is 13.5 Å². The molecule has 19 heavy (non-hydrogen) atoms. The van der Waals surface area contributed by atoms with Crippen LogP contribution in [0.25, 0.3) is 0 Å². The fourth-order valence-corrected chi connectivity index (χ4v) is 2.19. The van der Waals surface area contributed by atoms with E-state index in [0.29, 0.717) is 11.6 Å². The van der Waals surface area contributed by atoms with Gasteiger partial charge in [0.25, 0.3) is 0 Å². The Morgan fingerprint density at radius 2 is 2.21 bits per heavy atom. The highest BCUT2D eigenvalue weighted by Gasteiger charge is 2.17. The van der Waals surface area contributed by atoms with Gasteiger partial charge in [0.05, 0.1) is 29.4 Å². The van der Waals surface area contributed by atoms with Crippen LogP contribution in [0.3, 0.4) is 0 Å². The Bertz CT molecular complexity index is 624. The molecule has 7 heteroatoms. The lowest BCUT2D eigenvalue weighted by Gasteiger charge is -2.03. The molecule has 0 N–H and O–H groups in total. The second kappa shape index (κ2) is 5.48. The van der Waals surface area contributed by atoms with Crippen LogP contribution in [0.15, 0.2) is 16.9 Å². The van der Waals surface area contributed by atoms with Crippen molar-refractivity contribution in [2.24, 2.45) is 7.05 Å². The fourth-order valence-electron chi connectivity index (χ4n) is 1.72. The molecule has 0 aromatic carbocycles. The molecule has 0 aliphatic carbocycles. The summed E-state index contributed by atoms with van der Waals surface area (Å²) in [5.74, 6) is 0.267. The predicted molar refractivity (Wildman–Crippen MR) is 72.3 cm³/mol. The van der Waals surface area contributed by atoms with Gasteiger partial charge in [-0.05, 0) is 22.9 Å². The van der Waals surface area contributed by atoms with Crippen LogP contribution in [0.1, 0.15) is 21.9 Å². The van der Waals surface area contributed by atoms with E-state index < -0.39 is 0 Å². The quantitative estimate of drug-likeness (QED) is 0.801. The Balaban J connectivity index is 2.25. The second-order valence-corrected chi connectivity index (χ2v) is 4.81. The average molecular weight is 325 g/mol. The van der Waals surface area contributed by atoms with Crippen LogP contribution in [0.2, 0.25) is 0 Å². The van der Waals surface area contributed by atoms with Gasteiger partial charge in [-0.1, -0.05) is 0 Å². The number of nitrogens with zero attached hydrogens (tertiary/aromatic N) is 4. The minimum Gasteiger partial charge on any atom is -0.481 e. The molecule has 2 rings (SSSR count). The largest absolute Gasteiger partial charge is 0.481 e. The average Bonchev–Trinajstić information content (AvgIpc) is 2.65. The summed E-state index contributed by atoms with van der Waals surface area (Å²) >= 11 is 3.44. The number of hydrogen-bond acceptors (Lipinski definition) is 5. The van der Waals surface area contributed by atoms with E-state index in [2.05, 4.69) is 31.0 Å². The van der Waals surface area contributed by atoms with E-state index in [4.69, 9.17) is 4.74 Å². The molecule has 2 aromatic rings. The second-order valence-electron chi connectivity index (χ2n) is 4.02. The summed E-state index contributed by atoms with van der Waals surface area (Å²) < 4.78 is 7.52. The number of carbonyl (C=O) groups is 1. The number of carbonyl (C=O) groups excluding carboxylic acids is 1. The molecule has 0 saturated heterocycles.